The number of piperidine rings is 1. The molecule has 650 valence electrons. The maximum absolute atomic E-state index is 15.6. The molecular weight excluding hydrogens is 1490 g/mol. The number of amides is 13. The molecule has 22 atom stereocenters. The number of aliphatic hydroxyl groups is 4. The van der Waals surface area contributed by atoms with Crippen LogP contribution in [0.25, 0.3) is 0 Å². The molecular formula is C75H131N15O24. The molecule has 2 fully saturated rings. The Hall–Kier alpha value is -8.76. The first kappa shape index (κ1) is 101. The highest BCUT2D eigenvalue weighted by molar-refractivity contribution is 5.99. The number of carboxylic acid groups (broad SMARTS) is 2. The maximum Gasteiger partial charge on any atom is 0.329 e. The van der Waals surface area contributed by atoms with Crippen molar-refractivity contribution in [3.8, 4) is 0 Å². The minimum atomic E-state index is -2.73. The van der Waals surface area contributed by atoms with E-state index in [0.717, 1.165) is 22.6 Å². The van der Waals surface area contributed by atoms with Gasteiger partial charge in [0.05, 0.1) is 37.2 Å². The lowest BCUT2D eigenvalue weighted by atomic mass is 9.85. The predicted molar refractivity (Wildman–Crippen MR) is 411 cm³/mol. The van der Waals surface area contributed by atoms with E-state index in [1.54, 1.807) is 34.6 Å². The Balaban J connectivity index is 3.11. The van der Waals surface area contributed by atoms with Crippen LogP contribution >= 0.6 is 0 Å². The van der Waals surface area contributed by atoms with Crippen molar-refractivity contribution in [2.75, 3.05) is 40.4 Å². The zero-order valence-corrected chi connectivity index (χ0v) is 68.4. The number of carbonyl (C=O) groups excluding carboxylic acids is 14. The first-order chi connectivity index (χ1) is 53.3. The molecule has 0 saturated carbocycles. The van der Waals surface area contributed by atoms with Crippen LogP contribution in [0.5, 0.6) is 0 Å². The van der Waals surface area contributed by atoms with Crippen LogP contribution < -0.4 is 70.8 Å². The number of fused-ring (bicyclic) bond motifs is 1. The standard InChI is InChI=1S/C75H131N15O24/c1-15-20-38(6)32-39(7)60(98)43(11)65(102)81-47(21-18-28-76)66(103)80-46(25-27-55(94)95)61(99)62(100)72(109)87-57(41(9)42(10)64(79)101)69(106)88-59-63(40(8)37(4)5)114-75(112)52-23-16-17-30-90(52)74(111)50(34-56(96)97)84-70(107)58(44(12)113-14)86-54(93)33-45(24-26-53(78)92)89(13)73(110)49(31-36(2)3)83-67(104)48(22-19-29-77)82-68(105)51(35-91)85-71(59)108/h36-52,57-63,91,98-100H,15-35,76-77H2,1-14H3,(H2,78,92)(H2,79,101)(H,80,103)(H,81,102)(H,82,105)(H,83,104)(H,84,107)(H,85,108)(H,86,93)(H,87,109)(H,88,106)(H,94,95)(H,96,97)/t38-,39-,40-,41+,42-,43-,44-,45+,46+,47-,48-,49+,50-,51-,52+,57+,58+,59-,60-,61-,62-,63-/m1/s1. The average molecular weight is 1630 g/mol. The van der Waals surface area contributed by atoms with E-state index in [4.69, 9.17) is 32.4 Å². The van der Waals surface area contributed by atoms with Gasteiger partial charge in [0.15, 0.2) is 6.10 Å². The molecule has 2 heterocycles. The van der Waals surface area contributed by atoms with Crippen molar-refractivity contribution in [3.05, 3.63) is 0 Å². The normalized spacial score (nSPS) is 24.4. The summed E-state index contributed by atoms with van der Waals surface area (Å²) in [5.74, 6) is -25.3. The molecule has 114 heavy (non-hydrogen) atoms. The number of primary amides is 2. The molecule has 23 N–H and O–H groups in total. The molecule has 2 aliphatic heterocycles. The van der Waals surface area contributed by atoms with Gasteiger partial charge in [-0.2, -0.15) is 0 Å². The molecule has 2 aliphatic rings. The second kappa shape index (κ2) is 49.9. The Morgan fingerprint density at radius 1 is 0.649 bits per heavy atom. The van der Waals surface area contributed by atoms with Gasteiger partial charge >= 0.3 is 17.9 Å². The van der Waals surface area contributed by atoms with E-state index in [-0.39, 0.29) is 102 Å². The largest absolute Gasteiger partial charge is 0.481 e. The number of nitrogens with two attached hydrogens (primary N) is 4. The van der Waals surface area contributed by atoms with Gasteiger partial charge in [0.2, 0.25) is 70.9 Å². The van der Waals surface area contributed by atoms with Crippen molar-refractivity contribution in [2.24, 2.45) is 70.3 Å². The second-order valence-corrected chi connectivity index (χ2v) is 31.3. The molecule has 0 aliphatic carbocycles. The number of esters is 1. The molecule has 2 rings (SSSR count). The number of aliphatic carboxylic acids is 2. The van der Waals surface area contributed by atoms with Crippen LogP contribution in [0.3, 0.4) is 0 Å². The fourth-order valence-electron chi connectivity index (χ4n) is 13.7. The first-order valence-corrected chi connectivity index (χ1v) is 39.4. The zero-order valence-electron chi connectivity index (χ0n) is 68.4. The lowest BCUT2D eigenvalue weighted by Crippen LogP contribution is -2.65. The van der Waals surface area contributed by atoms with Crippen LogP contribution in [-0.4, -0.2) is 273 Å². The van der Waals surface area contributed by atoms with E-state index < -0.39 is 254 Å². The number of rotatable bonds is 40. The molecule has 0 aromatic carbocycles. The molecule has 39 heteroatoms. The number of hydrogen-bond acceptors (Lipinski definition) is 24. The van der Waals surface area contributed by atoms with E-state index in [1.165, 1.54) is 48.8 Å². The SMILES string of the molecule is CCC[C@@H](C)C[C@@H](C)[C@@H](O)[C@@H](C)C(=O)N[C@H](CCCN)C(=O)N[C@@H](CCC(=O)O)[C@@H](O)[C@@H](O)C(=O)N[C@H](C(=O)N[C@H]1C(=O)N[C@H](CO)C(=O)N[C@H](CCCN)C(=O)N[C@@H](CC(C)C)C(=O)N(C)[C@@H](CCC(N)=O)CC(=O)N[C@@H]([C@@H](C)OC)C(=O)N[C@H](CC(=O)O)C(=O)N2CCCC[C@H]2C(=O)O[C@@H]1[C@H](C)C(C)C)[C@@H](C)[C@@H](C)C(N)=O. The van der Waals surface area contributed by atoms with Crippen LogP contribution in [0.15, 0.2) is 0 Å². The van der Waals surface area contributed by atoms with Gasteiger partial charge in [0, 0.05) is 51.9 Å². The Morgan fingerprint density at radius 2 is 1.25 bits per heavy atom. The van der Waals surface area contributed by atoms with Crippen molar-refractivity contribution in [2.45, 2.75) is 289 Å². The first-order valence-electron chi connectivity index (χ1n) is 39.4. The number of cyclic esters (lactones) is 1. The van der Waals surface area contributed by atoms with Gasteiger partial charge in [-0.25, -0.2) is 4.79 Å². The fourth-order valence-corrected chi connectivity index (χ4v) is 13.7. The molecule has 0 aromatic rings. The number of nitrogens with one attached hydrogen (secondary N) is 9. The summed E-state index contributed by atoms with van der Waals surface area (Å²) in [6.45, 7) is 17.5. The second-order valence-electron chi connectivity index (χ2n) is 31.3. The Kier molecular flexibility index (Phi) is 44.3. The predicted octanol–water partition coefficient (Wildman–Crippen LogP) is -3.74. The third kappa shape index (κ3) is 32.1. The summed E-state index contributed by atoms with van der Waals surface area (Å²) >= 11 is 0. The van der Waals surface area contributed by atoms with Crippen molar-refractivity contribution >= 4 is 94.7 Å². The van der Waals surface area contributed by atoms with Crippen molar-refractivity contribution in [1.29, 1.82) is 0 Å². The minimum absolute atomic E-state index is 0.0142. The summed E-state index contributed by atoms with van der Waals surface area (Å²) in [7, 11) is 2.45. The highest BCUT2D eigenvalue weighted by Crippen LogP contribution is 2.29. The van der Waals surface area contributed by atoms with E-state index >= 15 is 19.2 Å². The lowest BCUT2D eigenvalue weighted by molar-refractivity contribution is -0.168. The third-order valence-electron chi connectivity index (χ3n) is 21.5. The number of aliphatic hydroxyl groups excluding tert-OH is 4. The van der Waals surface area contributed by atoms with Crippen LogP contribution in [0, 0.1) is 47.3 Å². The molecule has 13 amide bonds. The van der Waals surface area contributed by atoms with Crippen molar-refractivity contribution < 1.29 is 117 Å². The Labute approximate surface area is 666 Å². The Morgan fingerprint density at radius 3 is 1.81 bits per heavy atom. The highest BCUT2D eigenvalue weighted by Gasteiger charge is 2.48. The van der Waals surface area contributed by atoms with Gasteiger partial charge < -0.3 is 121 Å². The Bertz CT molecular complexity index is 3240. The third-order valence-corrected chi connectivity index (χ3v) is 21.5. The molecule has 0 aromatic heterocycles. The summed E-state index contributed by atoms with van der Waals surface area (Å²) in [5.41, 5.74) is 23.0. The number of hydrogen-bond donors (Lipinski definition) is 19. The smallest absolute Gasteiger partial charge is 0.329 e. The topological polar surface area (TPSA) is 632 Å². The van der Waals surface area contributed by atoms with Crippen LogP contribution in [0.2, 0.25) is 0 Å². The fraction of sp³-hybridized carbons (Fsp3) is 0.787. The summed E-state index contributed by atoms with van der Waals surface area (Å²) < 4.78 is 11.7. The number of nitrogens with zero attached hydrogens (tertiary/aromatic N) is 2. The molecule has 39 nitrogen and oxygen atoms in total. The van der Waals surface area contributed by atoms with E-state index in [1.807, 2.05) is 13.8 Å². The van der Waals surface area contributed by atoms with Gasteiger partial charge in [0.25, 0.3) is 5.91 Å². The minimum Gasteiger partial charge on any atom is -0.481 e. The van der Waals surface area contributed by atoms with Gasteiger partial charge in [0.1, 0.15) is 66.6 Å². The van der Waals surface area contributed by atoms with Gasteiger partial charge in [-0.1, -0.05) is 89.0 Å². The van der Waals surface area contributed by atoms with Gasteiger partial charge in [-0.3, -0.25) is 71.9 Å². The van der Waals surface area contributed by atoms with Crippen molar-refractivity contribution in [3.63, 3.8) is 0 Å². The van der Waals surface area contributed by atoms with Gasteiger partial charge in [-0.15, -0.1) is 0 Å². The lowest BCUT2D eigenvalue weighted by Gasteiger charge is -2.39. The van der Waals surface area contributed by atoms with Crippen LogP contribution in [-0.2, 0) is 86.2 Å². The number of carboxylic acids is 2. The van der Waals surface area contributed by atoms with E-state index in [0.29, 0.717) is 6.42 Å². The number of methoxy groups -OCH3 is 1. The summed E-state index contributed by atoms with van der Waals surface area (Å²) in [6, 6.07) is -19.6. The quantitative estimate of drug-likeness (QED) is 0.0262. The molecule has 0 unspecified atom stereocenters. The monoisotopic (exact) mass is 1630 g/mol. The van der Waals surface area contributed by atoms with E-state index in [9.17, 15) is 88.2 Å². The highest BCUT2D eigenvalue weighted by atomic mass is 16.5. The summed E-state index contributed by atoms with van der Waals surface area (Å²) in [5, 5.41) is 88.1. The molecule has 0 spiro atoms. The molecule has 0 bridgehead atoms. The molecule has 0 radical (unpaired) electrons. The number of carbonyl (C=O) groups is 16. The zero-order chi connectivity index (χ0) is 86.9. The molecule has 2 saturated heterocycles. The summed E-state index contributed by atoms with van der Waals surface area (Å²) in [4.78, 5) is 229. The summed E-state index contributed by atoms with van der Waals surface area (Å²) in [6.07, 6.45) is -11.2. The van der Waals surface area contributed by atoms with Crippen molar-refractivity contribution in [1.82, 2.24) is 57.7 Å². The number of ether oxygens (including phenoxy) is 2. The van der Waals surface area contributed by atoms with Gasteiger partial charge in [-0.05, 0) is 126 Å². The average Bonchev–Trinajstić information content (AvgIpc) is 0.803. The maximum atomic E-state index is 15.6. The van der Waals surface area contributed by atoms with Crippen LogP contribution in [0.4, 0.5) is 0 Å². The number of likely N-dealkylation sites (N-methyl/N-ethyl adjacent to an activating group) is 1. The van der Waals surface area contributed by atoms with Crippen LogP contribution in [0.1, 0.15) is 192 Å². The van der Waals surface area contributed by atoms with E-state index in [2.05, 4.69) is 47.9 Å².